The van der Waals surface area contributed by atoms with Gasteiger partial charge >= 0.3 is 0 Å². The van der Waals surface area contributed by atoms with Crippen molar-refractivity contribution in [3.63, 3.8) is 0 Å². The SMILES string of the molecule is CNCC(O)CSc1ncccn1. The number of thioether (sulfide) groups is 1. The first-order valence-corrected chi connectivity index (χ1v) is 5.04. The van der Waals surface area contributed by atoms with Crippen LogP contribution in [-0.4, -0.2) is 40.5 Å². The molecule has 2 N–H and O–H groups in total. The predicted molar refractivity (Wildman–Crippen MR) is 52.7 cm³/mol. The van der Waals surface area contributed by atoms with Gasteiger partial charge in [-0.1, -0.05) is 11.8 Å². The van der Waals surface area contributed by atoms with E-state index < -0.39 is 0 Å². The Morgan fingerprint density at radius 2 is 2.23 bits per heavy atom. The molecule has 0 aliphatic heterocycles. The highest BCUT2D eigenvalue weighted by Crippen LogP contribution is 2.11. The summed E-state index contributed by atoms with van der Waals surface area (Å²) in [6.07, 6.45) is 3.04. The van der Waals surface area contributed by atoms with Gasteiger partial charge in [-0.3, -0.25) is 0 Å². The molecule has 0 aliphatic carbocycles. The third-order valence-electron chi connectivity index (χ3n) is 1.39. The Bertz CT molecular complexity index is 232. The van der Waals surface area contributed by atoms with Crippen LogP contribution in [0.2, 0.25) is 0 Å². The molecule has 0 aliphatic rings. The number of aliphatic hydroxyl groups excluding tert-OH is 1. The van der Waals surface area contributed by atoms with E-state index in [4.69, 9.17) is 0 Å². The van der Waals surface area contributed by atoms with Gasteiger partial charge in [0.15, 0.2) is 5.16 Å². The standard InChI is InChI=1S/C8H13N3OS/c1-9-5-7(12)6-13-8-10-3-2-4-11-8/h2-4,7,9,12H,5-6H2,1H3. The second kappa shape index (κ2) is 5.90. The zero-order valence-corrected chi connectivity index (χ0v) is 8.29. The van der Waals surface area contributed by atoms with Crippen molar-refractivity contribution in [2.24, 2.45) is 0 Å². The minimum Gasteiger partial charge on any atom is -0.391 e. The Kier molecular flexibility index (Phi) is 4.74. The fraction of sp³-hybridized carbons (Fsp3) is 0.500. The van der Waals surface area contributed by atoms with Gasteiger partial charge in [0.05, 0.1) is 6.10 Å². The molecule has 5 heteroatoms. The van der Waals surface area contributed by atoms with E-state index in [1.165, 1.54) is 11.8 Å². The van der Waals surface area contributed by atoms with E-state index in [9.17, 15) is 5.11 Å². The first-order chi connectivity index (χ1) is 6.33. The number of nitrogens with zero attached hydrogens (tertiary/aromatic N) is 2. The lowest BCUT2D eigenvalue weighted by atomic mass is 10.4. The Morgan fingerprint density at radius 3 is 2.85 bits per heavy atom. The van der Waals surface area contributed by atoms with Crippen LogP contribution < -0.4 is 5.32 Å². The third kappa shape index (κ3) is 4.21. The lowest BCUT2D eigenvalue weighted by Gasteiger charge is -2.07. The van der Waals surface area contributed by atoms with E-state index in [-0.39, 0.29) is 6.10 Å². The van der Waals surface area contributed by atoms with E-state index in [1.807, 2.05) is 7.05 Å². The van der Waals surface area contributed by atoms with Crippen LogP contribution >= 0.6 is 11.8 Å². The highest BCUT2D eigenvalue weighted by molar-refractivity contribution is 7.99. The largest absolute Gasteiger partial charge is 0.391 e. The topological polar surface area (TPSA) is 58.0 Å². The number of hydrogen-bond acceptors (Lipinski definition) is 5. The zero-order valence-electron chi connectivity index (χ0n) is 7.47. The first-order valence-electron chi connectivity index (χ1n) is 4.05. The van der Waals surface area contributed by atoms with Gasteiger partial charge in [0.1, 0.15) is 0 Å². The Labute approximate surface area is 81.8 Å². The number of hydrogen-bond donors (Lipinski definition) is 2. The second-order valence-electron chi connectivity index (χ2n) is 2.55. The molecule has 1 heterocycles. The minimum absolute atomic E-state index is 0.348. The summed E-state index contributed by atoms with van der Waals surface area (Å²) in [7, 11) is 1.81. The van der Waals surface area contributed by atoms with Gasteiger partial charge in [0.25, 0.3) is 0 Å². The third-order valence-corrected chi connectivity index (χ3v) is 2.41. The van der Waals surface area contributed by atoms with Crippen LogP contribution in [0.25, 0.3) is 0 Å². The summed E-state index contributed by atoms with van der Waals surface area (Å²) in [5.41, 5.74) is 0. The highest BCUT2D eigenvalue weighted by atomic mass is 32.2. The fourth-order valence-corrected chi connectivity index (χ4v) is 1.56. The van der Waals surface area contributed by atoms with Gasteiger partial charge in [0, 0.05) is 24.7 Å². The predicted octanol–water partition coefficient (Wildman–Crippen LogP) is 0.149. The van der Waals surface area contributed by atoms with Gasteiger partial charge < -0.3 is 10.4 Å². The van der Waals surface area contributed by atoms with Crippen molar-refractivity contribution in [2.75, 3.05) is 19.3 Å². The molecule has 0 amide bonds. The molecule has 0 aromatic carbocycles. The summed E-state index contributed by atoms with van der Waals surface area (Å²) in [6.45, 7) is 0.597. The summed E-state index contributed by atoms with van der Waals surface area (Å²) in [5.74, 6) is 0.616. The van der Waals surface area contributed by atoms with Crippen LogP contribution in [0, 0.1) is 0 Å². The average Bonchev–Trinajstić information content (AvgIpc) is 2.17. The maximum Gasteiger partial charge on any atom is 0.187 e. The molecule has 4 nitrogen and oxygen atoms in total. The molecule has 72 valence electrons. The van der Waals surface area contributed by atoms with Crippen LogP contribution in [0.1, 0.15) is 0 Å². The monoisotopic (exact) mass is 199 g/mol. The van der Waals surface area contributed by atoms with Crippen LogP contribution in [0.4, 0.5) is 0 Å². The van der Waals surface area contributed by atoms with Crippen molar-refractivity contribution < 1.29 is 5.11 Å². The van der Waals surface area contributed by atoms with Crippen molar-refractivity contribution in [3.05, 3.63) is 18.5 Å². The second-order valence-corrected chi connectivity index (χ2v) is 3.54. The first kappa shape index (κ1) is 10.4. The quantitative estimate of drug-likeness (QED) is 0.522. The molecule has 1 atom stereocenters. The molecular formula is C8H13N3OS. The number of likely N-dealkylation sites (N-methyl/N-ethyl adjacent to an activating group) is 1. The highest BCUT2D eigenvalue weighted by Gasteiger charge is 2.04. The Balaban J connectivity index is 2.27. The molecule has 1 unspecified atom stereocenters. The van der Waals surface area contributed by atoms with Gasteiger partial charge in [-0.2, -0.15) is 0 Å². The van der Waals surface area contributed by atoms with Gasteiger partial charge in [-0.05, 0) is 13.1 Å². The molecule has 0 bridgehead atoms. The fourth-order valence-electron chi connectivity index (χ4n) is 0.825. The van der Waals surface area contributed by atoms with Crippen LogP contribution in [0.5, 0.6) is 0 Å². The van der Waals surface area contributed by atoms with Crippen LogP contribution in [-0.2, 0) is 0 Å². The number of aromatic nitrogens is 2. The molecular weight excluding hydrogens is 186 g/mol. The van der Waals surface area contributed by atoms with Crippen LogP contribution in [0.3, 0.4) is 0 Å². The molecule has 1 aromatic heterocycles. The minimum atomic E-state index is -0.348. The van der Waals surface area contributed by atoms with E-state index in [0.29, 0.717) is 17.5 Å². The van der Waals surface area contributed by atoms with Crippen molar-refractivity contribution in [1.29, 1.82) is 0 Å². The van der Waals surface area contributed by atoms with E-state index in [0.717, 1.165) is 0 Å². The van der Waals surface area contributed by atoms with E-state index in [1.54, 1.807) is 18.5 Å². The van der Waals surface area contributed by atoms with E-state index in [2.05, 4.69) is 15.3 Å². The van der Waals surface area contributed by atoms with Crippen molar-refractivity contribution >= 4 is 11.8 Å². The lowest BCUT2D eigenvalue weighted by molar-refractivity contribution is 0.199. The van der Waals surface area contributed by atoms with Crippen LogP contribution in [0.15, 0.2) is 23.6 Å². The molecule has 0 spiro atoms. The van der Waals surface area contributed by atoms with Crippen molar-refractivity contribution in [2.45, 2.75) is 11.3 Å². The maximum absolute atomic E-state index is 9.37. The summed E-state index contributed by atoms with van der Waals surface area (Å²) < 4.78 is 0. The lowest BCUT2D eigenvalue weighted by Crippen LogP contribution is -2.25. The molecule has 0 saturated carbocycles. The van der Waals surface area contributed by atoms with E-state index >= 15 is 0 Å². The molecule has 0 saturated heterocycles. The summed E-state index contributed by atoms with van der Waals surface area (Å²) in [4.78, 5) is 8.06. The zero-order chi connectivity index (χ0) is 9.52. The normalized spacial score (nSPS) is 12.8. The number of rotatable bonds is 5. The Hall–Kier alpha value is -0.650. The molecule has 0 fully saturated rings. The molecule has 13 heavy (non-hydrogen) atoms. The summed E-state index contributed by atoms with van der Waals surface area (Å²) >= 11 is 1.46. The maximum atomic E-state index is 9.37. The van der Waals surface area contributed by atoms with Gasteiger partial charge in [0.2, 0.25) is 0 Å². The Morgan fingerprint density at radius 1 is 1.54 bits per heavy atom. The summed E-state index contributed by atoms with van der Waals surface area (Å²) in [6, 6.07) is 1.77. The van der Waals surface area contributed by atoms with Gasteiger partial charge in [-0.25, -0.2) is 9.97 Å². The molecule has 0 radical (unpaired) electrons. The number of nitrogens with one attached hydrogen (secondary N) is 1. The average molecular weight is 199 g/mol. The number of aliphatic hydroxyl groups is 1. The van der Waals surface area contributed by atoms with Crippen molar-refractivity contribution in [3.8, 4) is 0 Å². The smallest absolute Gasteiger partial charge is 0.187 e. The molecule has 1 rings (SSSR count). The molecule has 1 aromatic rings. The van der Waals surface area contributed by atoms with Gasteiger partial charge in [-0.15, -0.1) is 0 Å². The van der Waals surface area contributed by atoms with Crippen molar-refractivity contribution in [1.82, 2.24) is 15.3 Å². The summed E-state index contributed by atoms with van der Waals surface area (Å²) in [5, 5.41) is 13.0.